The zero-order valence-corrected chi connectivity index (χ0v) is 13.6. The Balaban J connectivity index is 1.84. The molecule has 2 heterocycles. The van der Waals surface area contributed by atoms with E-state index in [1.165, 1.54) is 0 Å². The summed E-state index contributed by atoms with van der Waals surface area (Å²) in [6, 6.07) is 10.4. The van der Waals surface area contributed by atoms with Gasteiger partial charge in [-0.2, -0.15) is 5.10 Å². The van der Waals surface area contributed by atoms with Gasteiger partial charge < -0.3 is 15.4 Å². The number of thioether (sulfide) groups is 1. The lowest BCUT2D eigenvalue weighted by Gasteiger charge is -2.32. The molecule has 2 N–H and O–H groups in total. The van der Waals surface area contributed by atoms with Gasteiger partial charge >= 0.3 is 0 Å². The molecule has 6 heteroatoms. The number of benzene rings is 1. The average molecular weight is 318 g/mol. The molecule has 1 saturated heterocycles. The predicted molar refractivity (Wildman–Crippen MR) is 92.5 cm³/mol. The fraction of sp³-hybridized carbons (Fsp3) is 0.500. The van der Waals surface area contributed by atoms with E-state index in [4.69, 9.17) is 10.5 Å². The average Bonchev–Trinajstić information content (AvgIpc) is 2.56. The highest BCUT2D eigenvalue weighted by Crippen LogP contribution is 2.28. The summed E-state index contributed by atoms with van der Waals surface area (Å²) in [6.45, 7) is 5.32. The number of hydrogen-bond donors (Lipinski definition) is 1. The lowest BCUT2D eigenvalue weighted by molar-refractivity contribution is 0.0692. The van der Waals surface area contributed by atoms with Gasteiger partial charge in [0.05, 0.1) is 24.2 Å². The molecule has 22 heavy (non-hydrogen) atoms. The lowest BCUT2D eigenvalue weighted by atomic mass is 10.0. The van der Waals surface area contributed by atoms with Crippen LogP contribution in [0.25, 0.3) is 0 Å². The molecule has 0 amide bonds. The Morgan fingerprint density at radius 3 is 2.68 bits per heavy atom. The number of nitrogens with two attached hydrogens (primary N) is 1. The minimum Gasteiger partial charge on any atom is -0.378 e. The van der Waals surface area contributed by atoms with Crippen LogP contribution in [0, 0.1) is 0 Å². The van der Waals surface area contributed by atoms with E-state index in [0.29, 0.717) is 0 Å². The van der Waals surface area contributed by atoms with Crippen LogP contribution in [-0.4, -0.2) is 53.4 Å². The summed E-state index contributed by atoms with van der Waals surface area (Å²) in [5.74, 6) is 0. The first-order valence-electron chi connectivity index (χ1n) is 7.70. The number of amidine groups is 1. The standard InChI is InChI=1S/C16H22N4OS/c1-12(17)11-14-15(13-5-3-2-4-6-13)18-19-16(22-14)20-7-9-21-10-8-20/h2-6,12,14H,7-11,17H2,1H3. The molecule has 0 bridgehead atoms. The van der Waals surface area contributed by atoms with Crippen molar-refractivity contribution in [3.05, 3.63) is 35.9 Å². The second-order valence-electron chi connectivity index (χ2n) is 5.65. The van der Waals surface area contributed by atoms with E-state index in [0.717, 1.165) is 49.2 Å². The topological polar surface area (TPSA) is 63.2 Å². The van der Waals surface area contributed by atoms with E-state index < -0.39 is 0 Å². The van der Waals surface area contributed by atoms with Gasteiger partial charge in [0.15, 0.2) is 5.17 Å². The van der Waals surface area contributed by atoms with E-state index in [1.54, 1.807) is 11.8 Å². The molecule has 1 aromatic carbocycles. The molecule has 2 aliphatic rings. The number of hydrogen-bond acceptors (Lipinski definition) is 6. The van der Waals surface area contributed by atoms with Gasteiger partial charge in [-0.3, -0.25) is 0 Å². The Morgan fingerprint density at radius 2 is 2.00 bits per heavy atom. The molecule has 0 aliphatic carbocycles. The van der Waals surface area contributed by atoms with Crippen molar-refractivity contribution in [2.75, 3.05) is 26.3 Å². The van der Waals surface area contributed by atoms with Crippen molar-refractivity contribution in [3.8, 4) is 0 Å². The van der Waals surface area contributed by atoms with Crippen LogP contribution >= 0.6 is 11.8 Å². The predicted octanol–water partition coefficient (Wildman–Crippen LogP) is 1.93. The Hall–Kier alpha value is -1.37. The minimum absolute atomic E-state index is 0.135. The zero-order chi connectivity index (χ0) is 15.4. The Kier molecular flexibility index (Phi) is 5.12. The summed E-state index contributed by atoms with van der Waals surface area (Å²) in [6.07, 6.45) is 0.891. The maximum absolute atomic E-state index is 6.05. The monoisotopic (exact) mass is 318 g/mol. The van der Waals surface area contributed by atoms with Gasteiger partial charge in [0.2, 0.25) is 0 Å². The van der Waals surface area contributed by atoms with Crippen LogP contribution in [0.5, 0.6) is 0 Å². The molecule has 3 rings (SSSR count). The van der Waals surface area contributed by atoms with Crippen molar-refractivity contribution in [3.63, 3.8) is 0 Å². The Labute approximate surface area is 135 Å². The van der Waals surface area contributed by atoms with Crippen molar-refractivity contribution in [2.45, 2.75) is 24.6 Å². The third-order valence-corrected chi connectivity index (χ3v) is 4.98. The van der Waals surface area contributed by atoms with Crippen LogP contribution in [0.3, 0.4) is 0 Å². The molecule has 2 unspecified atom stereocenters. The molecule has 0 aromatic heterocycles. The second-order valence-corrected chi connectivity index (χ2v) is 6.82. The van der Waals surface area contributed by atoms with Gasteiger partial charge in [0.25, 0.3) is 0 Å². The zero-order valence-electron chi connectivity index (χ0n) is 12.8. The summed E-state index contributed by atoms with van der Waals surface area (Å²) >= 11 is 1.78. The van der Waals surface area contributed by atoms with E-state index >= 15 is 0 Å². The number of morpholine rings is 1. The van der Waals surface area contributed by atoms with Gasteiger partial charge in [0, 0.05) is 19.1 Å². The largest absolute Gasteiger partial charge is 0.378 e. The molecule has 0 spiro atoms. The molecular formula is C16H22N4OS. The molecule has 0 saturated carbocycles. The van der Waals surface area contributed by atoms with E-state index in [2.05, 4.69) is 27.2 Å². The van der Waals surface area contributed by atoms with E-state index in [9.17, 15) is 0 Å². The first-order chi connectivity index (χ1) is 10.7. The van der Waals surface area contributed by atoms with Crippen LogP contribution in [-0.2, 0) is 4.74 Å². The van der Waals surface area contributed by atoms with Gasteiger partial charge in [0.1, 0.15) is 0 Å². The summed E-state index contributed by atoms with van der Waals surface area (Å²) < 4.78 is 5.41. The molecule has 2 aliphatic heterocycles. The Morgan fingerprint density at radius 1 is 1.27 bits per heavy atom. The fourth-order valence-corrected chi connectivity index (χ4v) is 3.98. The fourth-order valence-electron chi connectivity index (χ4n) is 2.61. The van der Waals surface area contributed by atoms with Gasteiger partial charge in [-0.25, -0.2) is 0 Å². The van der Waals surface area contributed by atoms with Crippen molar-refractivity contribution >= 4 is 22.6 Å². The molecule has 5 nitrogen and oxygen atoms in total. The molecule has 1 fully saturated rings. The highest BCUT2D eigenvalue weighted by molar-refractivity contribution is 8.15. The van der Waals surface area contributed by atoms with E-state index in [-0.39, 0.29) is 11.3 Å². The van der Waals surface area contributed by atoms with Crippen molar-refractivity contribution in [1.29, 1.82) is 0 Å². The maximum Gasteiger partial charge on any atom is 0.186 e. The quantitative estimate of drug-likeness (QED) is 0.925. The molecule has 2 atom stereocenters. The first-order valence-corrected chi connectivity index (χ1v) is 8.58. The smallest absolute Gasteiger partial charge is 0.186 e. The lowest BCUT2D eigenvalue weighted by Crippen LogP contribution is -2.42. The third kappa shape index (κ3) is 3.69. The summed E-state index contributed by atoms with van der Waals surface area (Å²) in [5, 5.41) is 10.2. The van der Waals surface area contributed by atoms with Crippen molar-refractivity contribution in [1.82, 2.24) is 4.90 Å². The highest BCUT2D eigenvalue weighted by Gasteiger charge is 2.28. The van der Waals surface area contributed by atoms with Gasteiger partial charge in [-0.15, -0.1) is 5.10 Å². The number of ether oxygens (including phenoxy) is 1. The normalized spacial score (nSPS) is 23.7. The van der Waals surface area contributed by atoms with Gasteiger partial charge in [-0.05, 0) is 18.9 Å². The number of rotatable bonds is 3. The van der Waals surface area contributed by atoms with Crippen LogP contribution < -0.4 is 5.73 Å². The highest BCUT2D eigenvalue weighted by atomic mass is 32.2. The third-order valence-electron chi connectivity index (χ3n) is 3.73. The van der Waals surface area contributed by atoms with Crippen LogP contribution in [0.4, 0.5) is 0 Å². The SMILES string of the molecule is CC(N)CC1SC(N2CCOCC2)=NN=C1c1ccccc1. The van der Waals surface area contributed by atoms with Crippen LogP contribution in [0.1, 0.15) is 18.9 Å². The minimum atomic E-state index is 0.135. The Bertz CT molecular complexity index is 553. The van der Waals surface area contributed by atoms with Gasteiger partial charge in [-0.1, -0.05) is 42.1 Å². The molecule has 1 aromatic rings. The summed E-state index contributed by atoms with van der Waals surface area (Å²) in [5.41, 5.74) is 8.20. The van der Waals surface area contributed by atoms with Crippen molar-refractivity contribution in [2.24, 2.45) is 15.9 Å². The summed E-state index contributed by atoms with van der Waals surface area (Å²) in [7, 11) is 0. The molecule has 0 radical (unpaired) electrons. The molecule has 118 valence electrons. The van der Waals surface area contributed by atoms with Crippen molar-refractivity contribution < 1.29 is 4.74 Å². The summed E-state index contributed by atoms with van der Waals surface area (Å²) in [4.78, 5) is 2.26. The van der Waals surface area contributed by atoms with Crippen LogP contribution in [0.2, 0.25) is 0 Å². The molecular weight excluding hydrogens is 296 g/mol. The first kappa shape index (κ1) is 15.5. The second kappa shape index (κ2) is 7.26. The van der Waals surface area contributed by atoms with E-state index in [1.807, 2.05) is 25.1 Å². The maximum atomic E-state index is 6.05. The van der Waals surface area contributed by atoms with Crippen LogP contribution in [0.15, 0.2) is 40.5 Å². The number of nitrogens with zero attached hydrogens (tertiary/aromatic N) is 3.